The SMILES string of the molecule is CC(C)CCN1C(=O)c2ccc(C(=O)O[C@@H](C)C(N)=O)cc2C1=O. The molecular formula is C17H20N2O5. The Balaban J connectivity index is 2.21. The maximum atomic E-state index is 12.4. The number of nitrogens with zero attached hydrogens (tertiary/aromatic N) is 1. The first-order valence-electron chi connectivity index (χ1n) is 7.73. The Kier molecular flexibility index (Phi) is 5.02. The molecule has 3 amide bonds. The fourth-order valence-electron chi connectivity index (χ4n) is 2.29. The van der Waals surface area contributed by atoms with E-state index in [1.165, 1.54) is 30.0 Å². The van der Waals surface area contributed by atoms with E-state index in [1.54, 1.807) is 0 Å². The third-order valence-electron chi connectivity index (χ3n) is 3.82. The minimum atomic E-state index is -1.08. The molecule has 128 valence electrons. The van der Waals surface area contributed by atoms with Crippen LogP contribution in [0.3, 0.4) is 0 Å². The molecule has 0 unspecified atom stereocenters. The average molecular weight is 332 g/mol. The molecule has 1 aliphatic rings. The van der Waals surface area contributed by atoms with Crippen molar-refractivity contribution in [1.82, 2.24) is 4.90 Å². The molecule has 7 nitrogen and oxygen atoms in total. The lowest BCUT2D eigenvalue weighted by Crippen LogP contribution is -2.31. The van der Waals surface area contributed by atoms with Gasteiger partial charge in [-0.15, -0.1) is 0 Å². The predicted octanol–water partition coefficient (Wildman–Crippen LogP) is 1.36. The third kappa shape index (κ3) is 3.45. The van der Waals surface area contributed by atoms with Crippen LogP contribution in [-0.4, -0.2) is 41.2 Å². The first kappa shape index (κ1) is 17.7. The van der Waals surface area contributed by atoms with Crippen LogP contribution in [0.1, 0.15) is 58.3 Å². The number of amides is 3. The summed E-state index contributed by atoms with van der Waals surface area (Å²) >= 11 is 0. The summed E-state index contributed by atoms with van der Waals surface area (Å²) < 4.78 is 4.90. The molecule has 0 aromatic heterocycles. The van der Waals surface area contributed by atoms with E-state index in [0.717, 1.165) is 0 Å². The summed E-state index contributed by atoms with van der Waals surface area (Å²) in [6, 6.07) is 4.14. The molecule has 1 aliphatic heterocycles. The fraction of sp³-hybridized carbons (Fsp3) is 0.412. The van der Waals surface area contributed by atoms with Crippen molar-refractivity contribution >= 4 is 23.7 Å². The van der Waals surface area contributed by atoms with Crippen molar-refractivity contribution in [2.45, 2.75) is 33.3 Å². The lowest BCUT2D eigenvalue weighted by Gasteiger charge is -2.14. The summed E-state index contributed by atoms with van der Waals surface area (Å²) in [5.74, 6) is -1.97. The number of hydrogen-bond donors (Lipinski definition) is 1. The van der Waals surface area contributed by atoms with Gasteiger partial charge in [-0.25, -0.2) is 4.79 Å². The van der Waals surface area contributed by atoms with Crippen molar-refractivity contribution in [2.24, 2.45) is 11.7 Å². The van der Waals surface area contributed by atoms with E-state index in [1.807, 2.05) is 13.8 Å². The van der Waals surface area contributed by atoms with Gasteiger partial charge in [-0.3, -0.25) is 19.3 Å². The van der Waals surface area contributed by atoms with E-state index in [-0.39, 0.29) is 22.6 Å². The Morgan fingerprint density at radius 1 is 1.12 bits per heavy atom. The number of ether oxygens (including phenoxy) is 1. The molecule has 0 saturated carbocycles. The normalized spacial score (nSPS) is 14.8. The number of benzene rings is 1. The van der Waals surface area contributed by atoms with Crippen LogP contribution in [0.15, 0.2) is 18.2 Å². The number of carbonyl (C=O) groups is 4. The highest BCUT2D eigenvalue weighted by Crippen LogP contribution is 2.25. The molecule has 2 rings (SSSR count). The highest BCUT2D eigenvalue weighted by Gasteiger charge is 2.36. The molecule has 0 aliphatic carbocycles. The van der Waals surface area contributed by atoms with Crippen molar-refractivity contribution in [3.8, 4) is 0 Å². The van der Waals surface area contributed by atoms with Crippen LogP contribution in [0.25, 0.3) is 0 Å². The summed E-state index contributed by atoms with van der Waals surface area (Å²) in [5.41, 5.74) is 5.58. The van der Waals surface area contributed by atoms with E-state index in [0.29, 0.717) is 18.9 Å². The molecule has 0 bridgehead atoms. The van der Waals surface area contributed by atoms with Crippen LogP contribution < -0.4 is 5.73 Å². The number of rotatable bonds is 6. The van der Waals surface area contributed by atoms with Gasteiger partial charge in [-0.05, 0) is 37.5 Å². The van der Waals surface area contributed by atoms with Crippen molar-refractivity contribution in [1.29, 1.82) is 0 Å². The maximum Gasteiger partial charge on any atom is 0.338 e. The Morgan fingerprint density at radius 3 is 2.33 bits per heavy atom. The van der Waals surface area contributed by atoms with Crippen molar-refractivity contribution in [3.05, 3.63) is 34.9 Å². The molecule has 1 heterocycles. The van der Waals surface area contributed by atoms with E-state index < -0.39 is 23.9 Å². The summed E-state index contributed by atoms with van der Waals surface area (Å²) in [7, 11) is 0. The molecule has 0 radical (unpaired) electrons. The van der Waals surface area contributed by atoms with E-state index in [2.05, 4.69) is 0 Å². The number of carbonyl (C=O) groups excluding carboxylic acids is 4. The van der Waals surface area contributed by atoms with E-state index in [4.69, 9.17) is 10.5 Å². The lowest BCUT2D eigenvalue weighted by atomic mass is 10.1. The number of primary amides is 1. The monoisotopic (exact) mass is 332 g/mol. The largest absolute Gasteiger partial charge is 0.449 e. The van der Waals surface area contributed by atoms with Gasteiger partial charge in [0.15, 0.2) is 6.10 Å². The lowest BCUT2D eigenvalue weighted by molar-refractivity contribution is -0.125. The van der Waals surface area contributed by atoms with Crippen LogP contribution in [0.2, 0.25) is 0 Å². The van der Waals surface area contributed by atoms with Gasteiger partial charge in [0.2, 0.25) is 0 Å². The van der Waals surface area contributed by atoms with Gasteiger partial charge < -0.3 is 10.5 Å². The number of imide groups is 1. The van der Waals surface area contributed by atoms with Gasteiger partial charge in [0, 0.05) is 6.54 Å². The van der Waals surface area contributed by atoms with Crippen LogP contribution in [0.5, 0.6) is 0 Å². The molecule has 1 aromatic rings. The Labute approximate surface area is 139 Å². The van der Waals surface area contributed by atoms with Crippen molar-refractivity contribution in [3.63, 3.8) is 0 Å². The zero-order chi connectivity index (χ0) is 18.0. The predicted molar refractivity (Wildman–Crippen MR) is 85.3 cm³/mol. The number of nitrogens with two attached hydrogens (primary N) is 1. The van der Waals surface area contributed by atoms with Crippen LogP contribution in [-0.2, 0) is 9.53 Å². The van der Waals surface area contributed by atoms with Crippen molar-refractivity contribution in [2.75, 3.05) is 6.54 Å². The van der Waals surface area contributed by atoms with Gasteiger partial charge in [0.05, 0.1) is 16.7 Å². The summed E-state index contributed by atoms with van der Waals surface area (Å²) in [6.07, 6.45) is -0.373. The minimum absolute atomic E-state index is 0.0914. The molecule has 2 N–H and O–H groups in total. The third-order valence-corrected chi connectivity index (χ3v) is 3.82. The quantitative estimate of drug-likeness (QED) is 0.625. The van der Waals surface area contributed by atoms with Gasteiger partial charge in [0.25, 0.3) is 17.7 Å². The van der Waals surface area contributed by atoms with Gasteiger partial charge >= 0.3 is 5.97 Å². The highest BCUT2D eigenvalue weighted by atomic mass is 16.5. The average Bonchev–Trinajstić information content (AvgIpc) is 2.76. The van der Waals surface area contributed by atoms with Crippen LogP contribution in [0, 0.1) is 5.92 Å². The Bertz CT molecular complexity index is 711. The van der Waals surface area contributed by atoms with Gasteiger partial charge in [0.1, 0.15) is 0 Å². The van der Waals surface area contributed by atoms with E-state index in [9.17, 15) is 19.2 Å². The zero-order valence-corrected chi connectivity index (χ0v) is 13.9. The van der Waals surface area contributed by atoms with Crippen LogP contribution >= 0.6 is 0 Å². The molecule has 1 atom stereocenters. The molecule has 24 heavy (non-hydrogen) atoms. The Hall–Kier alpha value is -2.70. The van der Waals surface area contributed by atoms with Gasteiger partial charge in [-0.1, -0.05) is 13.8 Å². The number of esters is 1. The summed E-state index contributed by atoms with van der Waals surface area (Å²) in [5, 5.41) is 0. The fourth-order valence-corrected chi connectivity index (χ4v) is 2.29. The Morgan fingerprint density at radius 2 is 1.75 bits per heavy atom. The second-order valence-electron chi connectivity index (χ2n) is 6.15. The highest BCUT2D eigenvalue weighted by molar-refractivity contribution is 6.22. The molecule has 7 heteroatoms. The summed E-state index contributed by atoms with van der Waals surface area (Å²) in [4.78, 5) is 48.8. The summed E-state index contributed by atoms with van der Waals surface area (Å²) in [6.45, 7) is 5.71. The zero-order valence-electron chi connectivity index (χ0n) is 13.9. The standard InChI is InChI=1S/C17H20N2O5/c1-9(2)6-7-19-15(21)12-5-4-11(8-13(12)16(19)22)17(23)24-10(3)14(18)20/h4-5,8-10H,6-7H2,1-3H3,(H2,18,20)/t10-/m0/s1. The smallest absolute Gasteiger partial charge is 0.338 e. The first-order valence-corrected chi connectivity index (χ1v) is 7.73. The number of fused-ring (bicyclic) bond motifs is 1. The molecule has 0 saturated heterocycles. The van der Waals surface area contributed by atoms with E-state index >= 15 is 0 Å². The van der Waals surface area contributed by atoms with Crippen LogP contribution in [0.4, 0.5) is 0 Å². The maximum absolute atomic E-state index is 12.4. The molecule has 0 spiro atoms. The molecule has 0 fully saturated rings. The number of hydrogen-bond acceptors (Lipinski definition) is 5. The second-order valence-corrected chi connectivity index (χ2v) is 6.15. The van der Waals surface area contributed by atoms with Crippen molar-refractivity contribution < 1.29 is 23.9 Å². The molecule has 1 aromatic carbocycles. The second kappa shape index (κ2) is 6.82. The van der Waals surface area contributed by atoms with Gasteiger partial charge in [-0.2, -0.15) is 0 Å². The minimum Gasteiger partial charge on any atom is -0.449 e. The topological polar surface area (TPSA) is 107 Å². The molecular weight excluding hydrogens is 312 g/mol. The first-order chi connectivity index (χ1) is 11.2.